The second kappa shape index (κ2) is 3.31. The summed E-state index contributed by atoms with van der Waals surface area (Å²) in [5, 5.41) is 0. The van der Waals surface area contributed by atoms with Crippen molar-refractivity contribution in [3.05, 3.63) is 0 Å². The van der Waals surface area contributed by atoms with Gasteiger partial charge in [0.05, 0.1) is 0 Å². The smallest absolute Gasteiger partial charge is 0.270 e. The maximum Gasteiger partial charge on any atom is 0.287 e. The van der Waals surface area contributed by atoms with Crippen LogP contribution < -0.4 is 0 Å². The third-order valence-corrected chi connectivity index (χ3v) is 7.08. The Bertz CT molecular complexity index is 261. The molecule has 80 valence electrons. The molecule has 3 heterocycles. The Kier molecular flexibility index (Phi) is 2.21. The van der Waals surface area contributed by atoms with Crippen molar-refractivity contribution >= 4 is 7.59 Å². The van der Waals surface area contributed by atoms with Crippen LogP contribution in [0.3, 0.4) is 0 Å². The highest BCUT2D eigenvalue weighted by atomic mass is 31.2. The van der Waals surface area contributed by atoms with Gasteiger partial charge in [-0.3, -0.25) is 4.57 Å². The summed E-state index contributed by atoms with van der Waals surface area (Å²) in [5.41, 5.74) is 0. The van der Waals surface area contributed by atoms with Gasteiger partial charge in [-0.05, 0) is 12.8 Å². The first-order valence-electron chi connectivity index (χ1n) is 5.68. The summed E-state index contributed by atoms with van der Waals surface area (Å²) in [5.74, 6) is 0. The molecule has 0 atom stereocenters. The van der Waals surface area contributed by atoms with Crippen molar-refractivity contribution in [2.75, 3.05) is 39.3 Å². The topological polar surface area (TPSA) is 26.8 Å². The van der Waals surface area contributed by atoms with Crippen LogP contribution in [0.2, 0.25) is 0 Å². The predicted molar refractivity (Wildman–Crippen MR) is 56.2 cm³/mol. The molecule has 3 rings (SSSR count). The lowest BCUT2D eigenvalue weighted by Crippen LogP contribution is -2.30. The van der Waals surface area contributed by atoms with Gasteiger partial charge < -0.3 is 0 Å². The first-order valence-corrected chi connectivity index (χ1v) is 7.25. The highest BCUT2D eigenvalue weighted by Crippen LogP contribution is 2.63. The molecule has 0 radical (unpaired) electrons. The molecule has 0 spiro atoms. The highest BCUT2D eigenvalue weighted by molar-refractivity contribution is 7.57. The van der Waals surface area contributed by atoms with Gasteiger partial charge in [-0.2, -0.15) is 0 Å². The van der Waals surface area contributed by atoms with E-state index in [0.717, 1.165) is 39.3 Å². The Labute approximate surface area is 85.4 Å². The van der Waals surface area contributed by atoms with E-state index in [1.54, 1.807) is 0 Å². The van der Waals surface area contributed by atoms with E-state index in [9.17, 15) is 4.57 Å². The molecule has 0 N–H and O–H groups in total. The van der Waals surface area contributed by atoms with Crippen LogP contribution >= 0.6 is 7.59 Å². The van der Waals surface area contributed by atoms with Crippen LogP contribution in [0.5, 0.6) is 0 Å². The van der Waals surface area contributed by atoms with Crippen LogP contribution in [0.15, 0.2) is 0 Å². The van der Waals surface area contributed by atoms with Gasteiger partial charge in [0.2, 0.25) is 0 Å². The van der Waals surface area contributed by atoms with Gasteiger partial charge in [-0.15, -0.1) is 0 Å². The van der Waals surface area contributed by atoms with Crippen LogP contribution in [-0.2, 0) is 4.57 Å². The van der Waals surface area contributed by atoms with Crippen LogP contribution in [0.25, 0.3) is 0 Å². The van der Waals surface area contributed by atoms with Gasteiger partial charge in [0.15, 0.2) is 0 Å². The van der Waals surface area contributed by atoms with Crippen molar-refractivity contribution in [1.82, 2.24) is 14.0 Å². The molecule has 3 aliphatic heterocycles. The van der Waals surface area contributed by atoms with Crippen molar-refractivity contribution < 1.29 is 4.57 Å². The number of hydrogen-bond acceptors (Lipinski definition) is 1. The van der Waals surface area contributed by atoms with Crippen molar-refractivity contribution in [2.45, 2.75) is 19.3 Å². The van der Waals surface area contributed by atoms with Crippen molar-refractivity contribution in [3.8, 4) is 0 Å². The summed E-state index contributed by atoms with van der Waals surface area (Å²) in [6.45, 7) is 6.18. The van der Waals surface area contributed by atoms with E-state index >= 15 is 0 Å². The molecular weight excluding hydrogens is 197 g/mol. The van der Waals surface area contributed by atoms with Gasteiger partial charge >= 0.3 is 0 Å². The zero-order chi connectivity index (χ0) is 9.60. The number of hydrogen-bond donors (Lipinski definition) is 0. The molecular formula is C9H18N3OP. The highest BCUT2D eigenvalue weighted by Gasteiger charge is 2.51. The Morgan fingerprint density at radius 3 is 1.57 bits per heavy atom. The Hall–Kier alpha value is 0.110. The Balaban J connectivity index is 1.94. The Morgan fingerprint density at radius 1 is 0.643 bits per heavy atom. The summed E-state index contributed by atoms with van der Waals surface area (Å²) in [6, 6.07) is 0. The minimum atomic E-state index is -2.22. The fourth-order valence-corrected chi connectivity index (χ4v) is 6.16. The fraction of sp³-hybridized carbons (Fsp3) is 1.00. The van der Waals surface area contributed by atoms with Crippen LogP contribution in [-0.4, -0.2) is 53.3 Å². The molecule has 0 aromatic carbocycles. The van der Waals surface area contributed by atoms with E-state index in [1.165, 1.54) is 19.3 Å². The molecule has 0 aromatic rings. The summed E-state index contributed by atoms with van der Waals surface area (Å²) in [4.78, 5) is 0. The molecule has 3 saturated heterocycles. The quantitative estimate of drug-likeness (QED) is 0.567. The van der Waals surface area contributed by atoms with Crippen LogP contribution in [0.4, 0.5) is 0 Å². The first kappa shape index (κ1) is 9.34. The maximum atomic E-state index is 12.9. The van der Waals surface area contributed by atoms with Crippen LogP contribution in [0, 0.1) is 0 Å². The average molecular weight is 215 g/mol. The van der Waals surface area contributed by atoms with E-state index in [1.807, 2.05) is 0 Å². The molecule has 3 aliphatic rings. The molecule has 0 unspecified atom stereocenters. The molecule has 0 bridgehead atoms. The maximum absolute atomic E-state index is 12.9. The molecule has 0 amide bonds. The largest absolute Gasteiger partial charge is 0.287 e. The second-order valence-electron chi connectivity index (χ2n) is 4.43. The number of nitrogens with zero attached hydrogens (tertiary/aromatic N) is 3. The summed E-state index contributed by atoms with van der Waals surface area (Å²) in [6.07, 6.45) is 3.75. The molecule has 0 aromatic heterocycles. The lowest BCUT2D eigenvalue weighted by atomic mass is 10.2. The van der Waals surface area contributed by atoms with E-state index < -0.39 is 7.59 Å². The predicted octanol–water partition coefficient (Wildman–Crippen LogP) is 1.21. The zero-order valence-electron chi connectivity index (χ0n) is 8.56. The van der Waals surface area contributed by atoms with E-state index in [-0.39, 0.29) is 0 Å². The van der Waals surface area contributed by atoms with E-state index in [4.69, 9.17) is 0 Å². The first-order chi connectivity index (χ1) is 6.82. The SMILES string of the molecule is O=P12N3CCCCCN1CCN2CC3. The standard InChI is InChI=1S/C9H18N3OP/c13-14-10-4-2-1-3-5-11(14)7-9-12(14)8-6-10/h1-9H2. The monoisotopic (exact) mass is 215 g/mol. The molecule has 4 nitrogen and oxygen atoms in total. The fourth-order valence-electron chi connectivity index (χ4n) is 2.88. The second-order valence-corrected chi connectivity index (χ2v) is 7.16. The average Bonchev–Trinajstić information content (AvgIpc) is 2.57. The van der Waals surface area contributed by atoms with E-state index in [0.29, 0.717) is 0 Å². The van der Waals surface area contributed by atoms with Gasteiger partial charge in [-0.1, -0.05) is 6.42 Å². The van der Waals surface area contributed by atoms with Crippen molar-refractivity contribution in [1.29, 1.82) is 0 Å². The minimum absolute atomic E-state index is 1.02. The van der Waals surface area contributed by atoms with E-state index in [2.05, 4.69) is 14.0 Å². The Morgan fingerprint density at radius 2 is 1.07 bits per heavy atom. The van der Waals surface area contributed by atoms with Crippen LogP contribution in [0.1, 0.15) is 19.3 Å². The third-order valence-electron chi connectivity index (χ3n) is 3.67. The lowest BCUT2D eigenvalue weighted by Gasteiger charge is -2.33. The summed E-state index contributed by atoms with van der Waals surface area (Å²) < 4.78 is 19.6. The van der Waals surface area contributed by atoms with Gasteiger partial charge in [0.1, 0.15) is 0 Å². The number of rotatable bonds is 0. The van der Waals surface area contributed by atoms with Crippen molar-refractivity contribution in [3.63, 3.8) is 0 Å². The summed E-state index contributed by atoms with van der Waals surface area (Å²) >= 11 is 0. The van der Waals surface area contributed by atoms with Gasteiger partial charge in [-0.25, -0.2) is 14.0 Å². The normalized spacial score (nSPS) is 34.0. The zero-order valence-corrected chi connectivity index (χ0v) is 9.46. The molecule has 0 saturated carbocycles. The molecule has 0 aliphatic carbocycles. The minimum Gasteiger partial charge on any atom is -0.270 e. The van der Waals surface area contributed by atoms with Gasteiger partial charge in [0.25, 0.3) is 7.59 Å². The third kappa shape index (κ3) is 1.15. The molecule has 3 fully saturated rings. The van der Waals surface area contributed by atoms with Crippen molar-refractivity contribution in [2.24, 2.45) is 0 Å². The summed E-state index contributed by atoms with van der Waals surface area (Å²) in [7, 11) is -2.22. The van der Waals surface area contributed by atoms with Gasteiger partial charge in [0, 0.05) is 39.3 Å². The molecule has 5 heteroatoms. The lowest BCUT2D eigenvalue weighted by molar-refractivity contribution is 0.335. The molecule has 14 heavy (non-hydrogen) atoms.